The van der Waals surface area contributed by atoms with Crippen LogP contribution >= 0.6 is 0 Å². The summed E-state index contributed by atoms with van der Waals surface area (Å²) in [5.74, 6) is 1.97. The summed E-state index contributed by atoms with van der Waals surface area (Å²) in [6.45, 7) is 5.05. The monoisotopic (exact) mass is 287 g/mol. The number of piperidine rings is 1. The largest absolute Gasteiger partial charge is 0.327 e. The molecule has 2 N–H and O–H groups in total. The SMILES string of the molecule is Cc1ccc(NC(=O)C[NH+]2CC[C@H]3CCCC[C@@H]3C2)cc1. The van der Waals surface area contributed by atoms with Crippen molar-refractivity contribution in [2.45, 2.75) is 39.0 Å². The van der Waals surface area contributed by atoms with Crippen LogP contribution < -0.4 is 10.2 Å². The Bertz CT molecular complexity index is 482. The molecule has 1 aromatic rings. The van der Waals surface area contributed by atoms with Crippen LogP contribution in [0.3, 0.4) is 0 Å². The first-order valence-corrected chi connectivity index (χ1v) is 8.41. The van der Waals surface area contributed by atoms with E-state index in [-0.39, 0.29) is 5.91 Å². The van der Waals surface area contributed by atoms with E-state index in [9.17, 15) is 4.79 Å². The smallest absolute Gasteiger partial charge is 0.279 e. The van der Waals surface area contributed by atoms with Crippen LogP contribution in [0.4, 0.5) is 5.69 Å². The van der Waals surface area contributed by atoms with Gasteiger partial charge >= 0.3 is 0 Å². The van der Waals surface area contributed by atoms with Crippen LogP contribution in [0.15, 0.2) is 24.3 Å². The van der Waals surface area contributed by atoms with Crippen LogP contribution in [0.5, 0.6) is 0 Å². The molecular formula is C18H27N2O+. The van der Waals surface area contributed by atoms with E-state index in [2.05, 4.69) is 12.2 Å². The number of quaternary nitrogens is 1. The number of amides is 1. The zero-order valence-electron chi connectivity index (χ0n) is 13.0. The molecular weight excluding hydrogens is 260 g/mol. The van der Waals surface area contributed by atoms with Crippen molar-refractivity contribution in [2.75, 3.05) is 25.0 Å². The van der Waals surface area contributed by atoms with Gasteiger partial charge in [-0.15, -0.1) is 0 Å². The van der Waals surface area contributed by atoms with Gasteiger partial charge in [0.05, 0.1) is 13.1 Å². The number of nitrogens with one attached hydrogen (secondary N) is 2. The Hall–Kier alpha value is -1.35. The second kappa shape index (κ2) is 6.61. The molecule has 21 heavy (non-hydrogen) atoms. The Labute approximate surface area is 127 Å². The summed E-state index contributed by atoms with van der Waals surface area (Å²) in [4.78, 5) is 13.7. The van der Waals surface area contributed by atoms with Crippen molar-refractivity contribution < 1.29 is 9.69 Å². The molecule has 1 amide bonds. The van der Waals surface area contributed by atoms with Crippen LogP contribution in [0.2, 0.25) is 0 Å². The third kappa shape index (κ3) is 3.85. The standard InChI is InChI=1S/C18H26N2O/c1-14-6-8-17(9-7-14)19-18(21)13-20-11-10-15-4-2-3-5-16(15)12-20/h6-9,15-16H,2-5,10-13H2,1H3,(H,19,21)/p+1/t15-,16-/m1/s1. The molecule has 0 spiro atoms. The summed E-state index contributed by atoms with van der Waals surface area (Å²) in [5, 5.41) is 3.03. The van der Waals surface area contributed by atoms with Gasteiger partial charge in [-0.3, -0.25) is 4.79 Å². The molecule has 3 heteroatoms. The average Bonchev–Trinajstić information content (AvgIpc) is 2.49. The predicted octanol–water partition coefficient (Wildman–Crippen LogP) is 2.03. The van der Waals surface area contributed by atoms with Gasteiger partial charge in [0, 0.05) is 11.6 Å². The molecule has 1 unspecified atom stereocenters. The fourth-order valence-electron chi connectivity index (χ4n) is 4.03. The van der Waals surface area contributed by atoms with Crippen molar-refractivity contribution in [3.8, 4) is 0 Å². The highest BCUT2D eigenvalue weighted by molar-refractivity contribution is 5.91. The van der Waals surface area contributed by atoms with Crippen molar-refractivity contribution in [1.29, 1.82) is 0 Å². The van der Waals surface area contributed by atoms with Gasteiger partial charge in [0.2, 0.25) is 0 Å². The third-order valence-corrected chi connectivity index (χ3v) is 5.23. The maximum atomic E-state index is 12.2. The molecule has 3 rings (SSSR count). The first-order valence-electron chi connectivity index (χ1n) is 8.41. The zero-order valence-corrected chi connectivity index (χ0v) is 13.0. The number of hydrogen-bond acceptors (Lipinski definition) is 1. The lowest BCUT2D eigenvalue weighted by molar-refractivity contribution is -0.902. The van der Waals surface area contributed by atoms with Crippen molar-refractivity contribution in [1.82, 2.24) is 0 Å². The summed E-state index contributed by atoms with van der Waals surface area (Å²) >= 11 is 0. The Morgan fingerprint density at radius 1 is 1.14 bits per heavy atom. The van der Waals surface area contributed by atoms with E-state index in [1.54, 1.807) is 0 Å². The number of hydrogen-bond donors (Lipinski definition) is 2. The Morgan fingerprint density at radius 2 is 1.86 bits per heavy atom. The Morgan fingerprint density at radius 3 is 2.62 bits per heavy atom. The van der Waals surface area contributed by atoms with Crippen molar-refractivity contribution in [3.63, 3.8) is 0 Å². The van der Waals surface area contributed by atoms with Gasteiger partial charge in [-0.05, 0) is 44.2 Å². The predicted molar refractivity (Wildman–Crippen MR) is 85.4 cm³/mol. The van der Waals surface area contributed by atoms with E-state index >= 15 is 0 Å². The molecule has 3 nitrogen and oxygen atoms in total. The average molecular weight is 287 g/mol. The van der Waals surface area contributed by atoms with E-state index in [1.807, 2.05) is 24.3 Å². The number of carbonyl (C=O) groups excluding carboxylic acids is 1. The van der Waals surface area contributed by atoms with Gasteiger partial charge in [-0.1, -0.05) is 30.5 Å². The lowest BCUT2D eigenvalue weighted by Gasteiger charge is -2.38. The highest BCUT2D eigenvalue weighted by Crippen LogP contribution is 2.32. The van der Waals surface area contributed by atoms with Gasteiger partial charge in [-0.25, -0.2) is 0 Å². The summed E-state index contributed by atoms with van der Waals surface area (Å²) in [6, 6.07) is 8.04. The molecule has 1 heterocycles. The van der Waals surface area contributed by atoms with E-state index in [0.29, 0.717) is 6.54 Å². The van der Waals surface area contributed by atoms with Crippen LogP contribution in [0.25, 0.3) is 0 Å². The van der Waals surface area contributed by atoms with E-state index in [4.69, 9.17) is 0 Å². The minimum absolute atomic E-state index is 0.156. The maximum absolute atomic E-state index is 12.2. The van der Waals surface area contributed by atoms with E-state index in [0.717, 1.165) is 17.5 Å². The fraction of sp³-hybridized carbons (Fsp3) is 0.611. The van der Waals surface area contributed by atoms with E-state index in [1.165, 1.54) is 55.7 Å². The zero-order chi connectivity index (χ0) is 14.7. The molecule has 0 aromatic heterocycles. The van der Waals surface area contributed by atoms with E-state index < -0.39 is 0 Å². The molecule has 1 aliphatic carbocycles. The number of carbonyl (C=O) groups is 1. The molecule has 0 bridgehead atoms. The van der Waals surface area contributed by atoms with Crippen LogP contribution in [-0.4, -0.2) is 25.5 Å². The first-order chi connectivity index (χ1) is 10.2. The van der Waals surface area contributed by atoms with Crippen LogP contribution in [0.1, 0.15) is 37.7 Å². The minimum atomic E-state index is 0.156. The minimum Gasteiger partial charge on any atom is -0.327 e. The summed E-state index contributed by atoms with van der Waals surface area (Å²) in [6.07, 6.45) is 6.94. The Kier molecular flexibility index (Phi) is 4.59. The van der Waals surface area contributed by atoms with Crippen molar-refractivity contribution >= 4 is 11.6 Å². The molecule has 1 aromatic carbocycles. The normalized spacial score (nSPS) is 28.7. The second-order valence-electron chi connectivity index (χ2n) is 6.89. The topological polar surface area (TPSA) is 33.5 Å². The molecule has 1 saturated heterocycles. The second-order valence-corrected chi connectivity index (χ2v) is 6.89. The first kappa shape index (κ1) is 14.6. The van der Waals surface area contributed by atoms with Gasteiger partial charge in [0.15, 0.2) is 6.54 Å². The summed E-state index contributed by atoms with van der Waals surface area (Å²) in [5.41, 5.74) is 2.13. The quantitative estimate of drug-likeness (QED) is 0.876. The molecule has 3 atom stereocenters. The molecule has 2 aliphatic rings. The molecule has 0 radical (unpaired) electrons. The number of likely N-dealkylation sites (tertiary alicyclic amines) is 1. The highest BCUT2D eigenvalue weighted by atomic mass is 16.2. The number of benzene rings is 1. The Balaban J connectivity index is 1.49. The number of aryl methyl sites for hydroxylation is 1. The molecule has 1 saturated carbocycles. The summed E-state index contributed by atoms with van der Waals surface area (Å²) < 4.78 is 0. The van der Waals surface area contributed by atoms with Gasteiger partial charge in [-0.2, -0.15) is 0 Å². The van der Waals surface area contributed by atoms with Crippen LogP contribution in [0, 0.1) is 18.8 Å². The fourth-order valence-corrected chi connectivity index (χ4v) is 4.03. The van der Waals surface area contributed by atoms with Crippen molar-refractivity contribution in [2.24, 2.45) is 11.8 Å². The van der Waals surface area contributed by atoms with Gasteiger partial charge in [0.25, 0.3) is 5.91 Å². The number of fused-ring (bicyclic) bond motifs is 1. The van der Waals surface area contributed by atoms with Crippen LogP contribution in [-0.2, 0) is 4.79 Å². The van der Waals surface area contributed by atoms with Gasteiger partial charge < -0.3 is 10.2 Å². The van der Waals surface area contributed by atoms with Crippen molar-refractivity contribution in [3.05, 3.63) is 29.8 Å². The summed E-state index contributed by atoms with van der Waals surface area (Å²) in [7, 11) is 0. The lowest BCUT2D eigenvalue weighted by Crippen LogP contribution is -3.15. The highest BCUT2D eigenvalue weighted by Gasteiger charge is 2.34. The molecule has 1 aliphatic heterocycles. The maximum Gasteiger partial charge on any atom is 0.279 e. The number of anilines is 1. The third-order valence-electron chi connectivity index (χ3n) is 5.23. The lowest BCUT2D eigenvalue weighted by atomic mass is 9.75. The number of rotatable bonds is 3. The molecule has 114 valence electrons. The molecule has 2 fully saturated rings. The van der Waals surface area contributed by atoms with Gasteiger partial charge in [0.1, 0.15) is 0 Å².